The van der Waals surface area contributed by atoms with Crippen LogP contribution in [-0.2, 0) is 66.4 Å². The van der Waals surface area contributed by atoms with E-state index >= 15 is 0 Å². The van der Waals surface area contributed by atoms with Gasteiger partial charge in [0.15, 0.2) is 0 Å². The highest BCUT2D eigenvalue weighted by molar-refractivity contribution is 6.18. The Morgan fingerprint density at radius 1 is 0.348 bits per heavy atom. The standard InChI is InChI=1S/C30H54ClNO14/c31-3-5-35-7-9-37-11-13-39-15-17-41-19-21-43-23-25-45-27-28-46-26-24-44-22-20-42-18-16-40-14-12-38-10-8-36-6-4-32-29(33)1-2-30(32)34/h1-2H,3-28H2. The Morgan fingerprint density at radius 2 is 0.543 bits per heavy atom. The van der Waals surface area contributed by atoms with E-state index in [1.54, 1.807) is 0 Å². The molecule has 46 heavy (non-hydrogen) atoms. The van der Waals surface area contributed by atoms with Crippen molar-refractivity contribution in [3.8, 4) is 0 Å². The number of amides is 2. The van der Waals surface area contributed by atoms with Gasteiger partial charge in [-0.15, -0.1) is 11.6 Å². The van der Waals surface area contributed by atoms with Gasteiger partial charge in [-0.1, -0.05) is 0 Å². The fourth-order valence-corrected chi connectivity index (χ4v) is 3.49. The molecule has 0 unspecified atom stereocenters. The summed E-state index contributed by atoms with van der Waals surface area (Å²) in [5, 5.41) is 0. The second-order valence-electron chi connectivity index (χ2n) is 9.20. The molecule has 0 saturated heterocycles. The maximum atomic E-state index is 11.4. The molecule has 2 amide bonds. The predicted molar refractivity (Wildman–Crippen MR) is 166 cm³/mol. The van der Waals surface area contributed by atoms with Gasteiger partial charge < -0.3 is 56.8 Å². The van der Waals surface area contributed by atoms with Crippen LogP contribution >= 0.6 is 11.6 Å². The van der Waals surface area contributed by atoms with E-state index in [-0.39, 0.29) is 25.0 Å². The van der Waals surface area contributed by atoms with E-state index in [0.717, 1.165) is 4.90 Å². The van der Waals surface area contributed by atoms with Gasteiger partial charge in [0.25, 0.3) is 11.8 Å². The number of ether oxygens (including phenoxy) is 12. The van der Waals surface area contributed by atoms with Gasteiger partial charge in [0.1, 0.15) is 0 Å². The molecular weight excluding hydrogens is 634 g/mol. The number of imide groups is 1. The van der Waals surface area contributed by atoms with E-state index in [1.807, 2.05) is 0 Å². The van der Waals surface area contributed by atoms with Gasteiger partial charge in [0.05, 0.1) is 165 Å². The van der Waals surface area contributed by atoms with Crippen molar-refractivity contribution in [3.63, 3.8) is 0 Å². The fraction of sp³-hybridized carbons (Fsp3) is 0.867. The van der Waals surface area contributed by atoms with Gasteiger partial charge in [0.2, 0.25) is 0 Å². The van der Waals surface area contributed by atoms with Gasteiger partial charge in [-0.05, 0) is 0 Å². The van der Waals surface area contributed by atoms with Crippen LogP contribution in [0.3, 0.4) is 0 Å². The van der Waals surface area contributed by atoms with Crippen molar-refractivity contribution in [2.24, 2.45) is 0 Å². The molecule has 0 aliphatic carbocycles. The van der Waals surface area contributed by atoms with Crippen LogP contribution in [0.5, 0.6) is 0 Å². The number of halogens is 1. The smallest absolute Gasteiger partial charge is 0.253 e. The Hall–Kier alpha value is -1.31. The average Bonchev–Trinajstić information content (AvgIpc) is 3.38. The van der Waals surface area contributed by atoms with E-state index in [2.05, 4.69) is 0 Å². The highest BCUT2D eigenvalue weighted by atomic mass is 35.5. The summed E-state index contributed by atoms with van der Waals surface area (Å²) in [6.07, 6.45) is 2.51. The van der Waals surface area contributed by atoms with E-state index in [0.29, 0.717) is 158 Å². The van der Waals surface area contributed by atoms with Crippen molar-refractivity contribution in [1.82, 2.24) is 4.90 Å². The van der Waals surface area contributed by atoms with E-state index in [1.165, 1.54) is 12.2 Å². The first-order chi connectivity index (χ1) is 22.8. The first-order valence-electron chi connectivity index (χ1n) is 15.8. The Kier molecular flexibility index (Phi) is 32.5. The van der Waals surface area contributed by atoms with E-state index in [9.17, 15) is 9.59 Å². The zero-order valence-corrected chi connectivity index (χ0v) is 27.8. The molecule has 0 spiro atoms. The molecule has 0 atom stereocenters. The molecule has 0 N–H and O–H groups in total. The molecule has 16 heteroatoms. The molecule has 0 bridgehead atoms. The molecule has 15 nitrogen and oxygen atoms in total. The number of rotatable bonds is 38. The molecule has 0 aromatic carbocycles. The highest BCUT2D eigenvalue weighted by Gasteiger charge is 2.22. The minimum Gasteiger partial charge on any atom is -0.378 e. The lowest BCUT2D eigenvalue weighted by molar-refractivity contribution is -0.137. The van der Waals surface area contributed by atoms with Gasteiger partial charge in [0, 0.05) is 18.0 Å². The van der Waals surface area contributed by atoms with Crippen molar-refractivity contribution < 1.29 is 66.4 Å². The summed E-state index contributed by atoms with van der Waals surface area (Å²) in [4.78, 5) is 23.9. The molecule has 270 valence electrons. The minimum absolute atomic E-state index is 0.238. The topological polar surface area (TPSA) is 148 Å². The van der Waals surface area contributed by atoms with Crippen LogP contribution in [0.25, 0.3) is 0 Å². The van der Waals surface area contributed by atoms with Gasteiger partial charge in [-0.2, -0.15) is 0 Å². The zero-order chi connectivity index (χ0) is 33.0. The summed E-state index contributed by atoms with van der Waals surface area (Å²) in [6.45, 7) is 11.7. The fourth-order valence-electron chi connectivity index (χ4n) is 3.38. The normalized spacial score (nSPS) is 13.1. The van der Waals surface area contributed by atoms with Crippen LogP contribution in [0, 0.1) is 0 Å². The number of hydrogen-bond donors (Lipinski definition) is 0. The van der Waals surface area contributed by atoms with E-state index < -0.39 is 0 Å². The number of hydrogen-bond acceptors (Lipinski definition) is 14. The Morgan fingerprint density at radius 3 is 0.761 bits per heavy atom. The number of carbonyl (C=O) groups is 2. The molecule has 0 fully saturated rings. The summed E-state index contributed by atoms with van der Waals surface area (Å²) >= 11 is 5.51. The third-order valence-corrected chi connectivity index (χ3v) is 5.83. The van der Waals surface area contributed by atoms with Crippen LogP contribution in [0.15, 0.2) is 12.2 Å². The lowest BCUT2D eigenvalue weighted by atomic mass is 10.5. The van der Waals surface area contributed by atoms with Gasteiger partial charge in [-0.25, -0.2) is 0 Å². The molecule has 0 saturated carbocycles. The van der Waals surface area contributed by atoms with Crippen molar-refractivity contribution >= 4 is 23.4 Å². The molecule has 0 aromatic heterocycles. The molecule has 1 aliphatic heterocycles. The first-order valence-corrected chi connectivity index (χ1v) is 16.3. The zero-order valence-electron chi connectivity index (χ0n) is 27.1. The third-order valence-electron chi connectivity index (χ3n) is 5.67. The SMILES string of the molecule is O=C1C=CC(=O)N1CCOCCOCCOCCOCCOCCOCCOCCOCCOCCOCCOCCOCCCl. The van der Waals surface area contributed by atoms with Crippen LogP contribution in [0.1, 0.15) is 0 Å². The summed E-state index contributed by atoms with van der Waals surface area (Å²) in [6, 6.07) is 0. The molecule has 1 aliphatic rings. The quantitative estimate of drug-likeness (QED) is 0.0499. The second kappa shape index (κ2) is 35.0. The van der Waals surface area contributed by atoms with Crippen LogP contribution in [0.2, 0.25) is 0 Å². The summed E-state index contributed by atoms with van der Waals surface area (Å²) in [7, 11) is 0. The van der Waals surface area contributed by atoms with Crippen molar-refractivity contribution in [2.75, 3.05) is 171 Å². The minimum atomic E-state index is -0.307. The van der Waals surface area contributed by atoms with Crippen molar-refractivity contribution in [1.29, 1.82) is 0 Å². The number of alkyl halides is 1. The molecular formula is C30H54ClNO14. The number of nitrogens with zero attached hydrogens (tertiary/aromatic N) is 1. The van der Waals surface area contributed by atoms with Crippen LogP contribution in [0.4, 0.5) is 0 Å². The average molecular weight is 688 g/mol. The lowest BCUT2D eigenvalue weighted by Crippen LogP contribution is -2.33. The highest BCUT2D eigenvalue weighted by Crippen LogP contribution is 2.02. The molecule has 0 radical (unpaired) electrons. The largest absolute Gasteiger partial charge is 0.378 e. The van der Waals surface area contributed by atoms with Crippen LogP contribution in [-0.4, -0.2) is 188 Å². The number of carbonyl (C=O) groups excluding carboxylic acids is 2. The second-order valence-corrected chi connectivity index (χ2v) is 9.58. The maximum absolute atomic E-state index is 11.4. The Balaban J connectivity index is 1.62. The molecule has 1 rings (SSSR count). The lowest BCUT2D eigenvalue weighted by Gasteiger charge is -2.13. The molecule has 1 heterocycles. The summed E-state index contributed by atoms with van der Waals surface area (Å²) < 4.78 is 64.9. The Labute approximate surface area is 277 Å². The van der Waals surface area contributed by atoms with E-state index in [4.69, 9.17) is 68.4 Å². The summed E-state index contributed by atoms with van der Waals surface area (Å²) in [5.41, 5.74) is 0. The third kappa shape index (κ3) is 28.9. The molecule has 0 aromatic rings. The first kappa shape index (κ1) is 42.7. The van der Waals surface area contributed by atoms with Gasteiger partial charge in [-0.3, -0.25) is 14.5 Å². The Bertz CT molecular complexity index is 703. The summed E-state index contributed by atoms with van der Waals surface area (Å²) in [5.74, 6) is -0.123. The van der Waals surface area contributed by atoms with Crippen molar-refractivity contribution in [2.45, 2.75) is 0 Å². The van der Waals surface area contributed by atoms with Crippen LogP contribution < -0.4 is 0 Å². The maximum Gasteiger partial charge on any atom is 0.253 e. The monoisotopic (exact) mass is 687 g/mol. The van der Waals surface area contributed by atoms with Crippen molar-refractivity contribution in [3.05, 3.63) is 12.2 Å². The van der Waals surface area contributed by atoms with Gasteiger partial charge >= 0.3 is 0 Å². The predicted octanol–water partition coefficient (Wildman–Crippen LogP) is 0.349.